The van der Waals surface area contributed by atoms with Crippen LogP contribution >= 0.6 is 0 Å². The number of likely N-dealkylation sites (tertiary alicyclic amines) is 1. The van der Waals surface area contributed by atoms with Crippen molar-refractivity contribution in [1.29, 1.82) is 0 Å². The number of rotatable bonds is 4. The summed E-state index contributed by atoms with van der Waals surface area (Å²) in [6.45, 7) is 10.2. The monoisotopic (exact) mass is 185 g/mol. The first kappa shape index (κ1) is 11.0. The molecule has 2 N–H and O–H groups in total. The van der Waals surface area contributed by atoms with Crippen molar-refractivity contribution in [2.24, 2.45) is 0 Å². The van der Waals surface area contributed by atoms with Gasteiger partial charge in [-0.05, 0) is 13.6 Å². The molecule has 1 fully saturated rings. The smallest absolute Gasteiger partial charge is 0.0363 e. The highest BCUT2D eigenvalue weighted by Gasteiger charge is 2.30. The Hall–Kier alpha value is -0.120. The van der Waals surface area contributed by atoms with Gasteiger partial charge in [-0.2, -0.15) is 0 Å². The molecule has 0 amide bonds. The van der Waals surface area contributed by atoms with Crippen LogP contribution in [-0.2, 0) is 0 Å². The maximum Gasteiger partial charge on any atom is 0.0363 e. The van der Waals surface area contributed by atoms with Crippen molar-refractivity contribution in [2.75, 3.05) is 26.7 Å². The first-order valence-electron chi connectivity index (χ1n) is 5.33. The number of likely N-dealkylation sites (N-methyl/N-ethyl adjacent to an activating group) is 2. The SMILES string of the molecule is CCN1C[C@H](NC)[C@@H](NC(C)C)C1. The Morgan fingerprint density at radius 3 is 2.38 bits per heavy atom. The highest BCUT2D eigenvalue weighted by molar-refractivity contribution is 4.93. The van der Waals surface area contributed by atoms with E-state index in [0.29, 0.717) is 18.1 Å². The van der Waals surface area contributed by atoms with Crippen LogP contribution < -0.4 is 10.6 Å². The summed E-state index contributed by atoms with van der Waals surface area (Å²) in [6.07, 6.45) is 0. The third-order valence-corrected chi connectivity index (χ3v) is 2.76. The van der Waals surface area contributed by atoms with E-state index < -0.39 is 0 Å². The Morgan fingerprint density at radius 2 is 1.92 bits per heavy atom. The van der Waals surface area contributed by atoms with E-state index >= 15 is 0 Å². The lowest BCUT2D eigenvalue weighted by atomic mass is 10.1. The lowest BCUT2D eigenvalue weighted by Crippen LogP contribution is -2.48. The second kappa shape index (κ2) is 4.94. The molecular weight excluding hydrogens is 162 g/mol. The quantitative estimate of drug-likeness (QED) is 0.658. The van der Waals surface area contributed by atoms with Crippen LogP contribution in [0.5, 0.6) is 0 Å². The molecule has 0 saturated carbocycles. The predicted molar refractivity (Wildman–Crippen MR) is 57.0 cm³/mol. The van der Waals surface area contributed by atoms with Crippen molar-refractivity contribution in [3.63, 3.8) is 0 Å². The molecule has 0 spiro atoms. The highest BCUT2D eigenvalue weighted by atomic mass is 15.2. The Bertz CT molecular complexity index is 147. The molecular formula is C10H23N3. The molecule has 0 aromatic heterocycles. The van der Waals surface area contributed by atoms with Gasteiger partial charge in [0.25, 0.3) is 0 Å². The Kier molecular flexibility index (Phi) is 4.16. The van der Waals surface area contributed by atoms with Crippen molar-refractivity contribution < 1.29 is 0 Å². The molecule has 1 aliphatic rings. The average Bonchev–Trinajstić information content (AvgIpc) is 2.46. The summed E-state index contributed by atoms with van der Waals surface area (Å²) in [7, 11) is 2.05. The molecule has 2 atom stereocenters. The molecule has 1 heterocycles. The molecule has 0 unspecified atom stereocenters. The molecule has 3 nitrogen and oxygen atoms in total. The van der Waals surface area contributed by atoms with Crippen LogP contribution in [0.4, 0.5) is 0 Å². The fourth-order valence-corrected chi connectivity index (χ4v) is 2.03. The van der Waals surface area contributed by atoms with E-state index in [-0.39, 0.29) is 0 Å². The summed E-state index contributed by atoms with van der Waals surface area (Å²) < 4.78 is 0. The Balaban J connectivity index is 2.43. The van der Waals surface area contributed by atoms with Crippen LogP contribution in [0.1, 0.15) is 20.8 Å². The summed E-state index contributed by atoms with van der Waals surface area (Å²) >= 11 is 0. The van der Waals surface area contributed by atoms with Gasteiger partial charge in [-0.1, -0.05) is 20.8 Å². The van der Waals surface area contributed by atoms with Gasteiger partial charge in [-0.3, -0.25) is 0 Å². The normalized spacial score (nSPS) is 30.2. The largest absolute Gasteiger partial charge is 0.314 e. The molecule has 0 aliphatic carbocycles. The maximum absolute atomic E-state index is 3.60. The van der Waals surface area contributed by atoms with Crippen molar-refractivity contribution in [2.45, 2.75) is 38.9 Å². The van der Waals surface area contributed by atoms with E-state index in [1.807, 2.05) is 0 Å². The molecule has 3 heteroatoms. The second-order valence-electron chi connectivity index (χ2n) is 4.18. The van der Waals surface area contributed by atoms with Gasteiger partial charge in [0.1, 0.15) is 0 Å². The molecule has 0 radical (unpaired) electrons. The molecule has 78 valence electrons. The van der Waals surface area contributed by atoms with E-state index in [4.69, 9.17) is 0 Å². The van der Waals surface area contributed by atoms with E-state index in [1.54, 1.807) is 0 Å². The van der Waals surface area contributed by atoms with Gasteiger partial charge in [0.15, 0.2) is 0 Å². The Morgan fingerprint density at radius 1 is 1.31 bits per heavy atom. The average molecular weight is 185 g/mol. The summed E-state index contributed by atoms with van der Waals surface area (Å²) in [5.41, 5.74) is 0. The van der Waals surface area contributed by atoms with Crippen LogP contribution in [0.3, 0.4) is 0 Å². The second-order valence-corrected chi connectivity index (χ2v) is 4.18. The zero-order chi connectivity index (χ0) is 9.84. The van der Waals surface area contributed by atoms with E-state index in [2.05, 4.69) is 43.4 Å². The van der Waals surface area contributed by atoms with Crippen molar-refractivity contribution in [3.8, 4) is 0 Å². The first-order chi connectivity index (χ1) is 6.17. The van der Waals surface area contributed by atoms with Gasteiger partial charge in [0.05, 0.1) is 0 Å². The van der Waals surface area contributed by atoms with E-state index in [9.17, 15) is 0 Å². The first-order valence-corrected chi connectivity index (χ1v) is 5.33. The maximum atomic E-state index is 3.60. The number of nitrogens with zero attached hydrogens (tertiary/aromatic N) is 1. The fourth-order valence-electron chi connectivity index (χ4n) is 2.03. The third kappa shape index (κ3) is 2.93. The lowest BCUT2D eigenvalue weighted by molar-refractivity contribution is 0.340. The molecule has 0 aromatic carbocycles. The van der Waals surface area contributed by atoms with Crippen LogP contribution in [0.2, 0.25) is 0 Å². The van der Waals surface area contributed by atoms with Crippen molar-refractivity contribution in [3.05, 3.63) is 0 Å². The number of hydrogen-bond acceptors (Lipinski definition) is 3. The molecule has 0 bridgehead atoms. The minimum atomic E-state index is 0.581. The van der Waals surface area contributed by atoms with Gasteiger partial charge in [-0.15, -0.1) is 0 Å². The molecule has 13 heavy (non-hydrogen) atoms. The van der Waals surface area contributed by atoms with Gasteiger partial charge < -0.3 is 15.5 Å². The summed E-state index contributed by atoms with van der Waals surface area (Å²) in [6, 6.07) is 1.81. The zero-order valence-electron chi connectivity index (χ0n) is 9.30. The molecule has 0 aromatic rings. The van der Waals surface area contributed by atoms with Gasteiger partial charge in [0.2, 0.25) is 0 Å². The lowest BCUT2D eigenvalue weighted by Gasteiger charge is -2.21. The number of hydrogen-bond donors (Lipinski definition) is 2. The summed E-state index contributed by atoms with van der Waals surface area (Å²) in [5.74, 6) is 0. The van der Waals surface area contributed by atoms with Gasteiger partial charge >= 0.3 is 0 Å². The Labute approximate surface area is 81.9 Å². The summed E-state index contributed by atoms with van der Waals surface area (Å²) in [4.78, 5) is 2.49. The van der Waals surface area contributed by atoms with Crippen LogP contribution in [0.15, 0.2) is 0 Å². The minimum Gasteiger partial charge on any atom is -0.314 e. The fraction of sp³-hybridized carbons (Fsp3) is 1.00. The van der Waals surface area contributed by atoms with Crippen molar-refractivity contribution >= 4 is 0 Å². The highest BCUT2D eigenvalue weighted by Crippen LogP contribution is 2.09. The summed E-state index contributed by atoms with van der Waals surface area (Å²) in [5, 5.41) is 6.98. The topological polar surface area (TPSA) is 27.3 Å². The minimum absolute atomic E-state index is 0.581. The third-order valence-electron chi connectivity index (χ3n) is 2.76. The molecule has 1 aliphatic heterocycles. The van der Waals surface area contributed by atoms with Crippen LogP contribution in [0.25, 0.3) is 0 Å². The van der Waals surface area contributed by atoms with E-state index in [1.165, 1.54) is 13.1 Å². The van der Waals surface area contributed by atoms with Crippen LogP contribution in [0, 0.1) is 0 Å². The number of nitrogens with one attached hydrogen (secondary N) is 2. The zero-order valence-corrected chi connectivity index (χ0v) is 9.30. The van der Waals surface area contributed by atoms with Crippen LogP contribution in [-0.4, -0.2) is 49.7 Å². The van der Waals surface area contributed by atoms with Gasteiger partial charge in [0, 0.05) is 31.2 Å². The van der Waals surface area contributed by atoms with Gasteiger partial charge in [-0.25, -0.2) is 0 Å². The molecule has 1 rings (SSSR count). The van der Waals surface area contributed by atoms with Crippen molar-refractivity contribution in [1.82, 2.24) is 15.5 Å². The van der Waals surface area contributed by atoms with E-state index in [0.717, 1.165) is 6.54 Å². The predicted octanol–water partition coefficient (Wildman–Crippen LogP) is 0.277. The molecule has 1 saturated heterocycles. The standard InChI is InChI=1S/C10H23N3/c1-5-13-6-9(11-4)10(7-13)12-8(2)3/h8-12H,5-7H2,1-4H3/t9-,10-/m0/s1.